The highest BCUT2D eigenvalue weighted by molar-refractivity contribution is 6.03. The van der Waals surface area contributed by atoms with E-state index < -0.39 is 0 Å². The molecule has 1 aromatic heterocycles. The van der Waals surface area contributed by atoms with Gasteiger partial charge >= 0.3 is 0 Å². The second-order valence-electron chi connectivity index (χ2n) is 3.92. The van der Waals surface area contributed by atoms with Crippen LogP contribution in [0.3, 0.4) is 0 Å². The molecule has 0 spiro atoms. The molecule has 0 atom stereocenters. The monoisotopic (exact) mass is 259 g/mol. The first-order valence-electron chi connectivity index (χ1n) is 5.54. The van der Waals surface area contributed by atoms with Crippen LogP contribution in [0.25, 0.3) is 0 Å². The van der Waals surface area contributed by atoms with Gasteiger partial charge < -0.3 is 16.4 Å². The lowest BCUT2D eigenvalue weighted by Crippen LogP contribution is -2.12. The maximum atomic E-state index is 11.8. The van der Waals surface area contributed by atoms with Crippen LogP contribution >= 0.6 is 0 Å². The molecule has 1 aromatic carbocycles. The van der Waals surface area contributed by atoms with Gasteiger partial charge in [-0.15, -0.1) is 0 Å². The number of benzene rings is 1. The summed E-state index contributed by atoms with van der Waals surface area (Å²) in [6, 6.07) is 8.20. The minimum Gasteiger partial charge on any atom is -0.382 e. The van der Waals surface area contributed by atoms with Crippen molar-refractivity contribution in [3.8, 4) is 0 Å². The number of nitrogens with one attached hydrogen (secondary N) is 3. The van der Waals surface area contributed by atoms with Gasteiger partial charge in [-0.25, -0.2) is 0 Å². The number of carbonyl (C=O) groups excluding carboxylic acids is 2. The molecule has 2 aromatic rings. The van der Waals surface area contributed by atoms with Crippen molar-refractivity contribution in [2.75, 3.05) is 16.4 Å². The van der Waals surface area contributed by atoms with E-state index in [9.17, 15) is 9.59 Å². The molecule has 98 valence electrons. The zero-order valence-corrected chi connectivity index (χ0v) is 10.2. The molecule has 0 saturated heterocycles. The van der Waals surface area contributed by atoms with Crippen molar-refractivity contribution in [2.24, 2.45) is 0 Å². The fraction of sp³-hybridized carbons (Fsp3) is 0.0833. The van der Waals surface area contributed by atoms with Crippen molar-refractivity contribution >= 4 is 29.0 Å². The molecule has 0 radical (unpaired) electrons. The Morgan fingerprint density at radius 3 is 2.21 bits per heavy atom. The normalized spacial score (nSPS) is 9.95. The van der Waals surface area contributed by atoms with Gasteiger partial charge in [0.2, 0.25) is 5.91 Å². The molecule has 0 aliphatic carbocycles. The average Bonchev–Trinajstić information content (AvgIpc) is 2.78. The summed E-state index contributed by atoms with van der Waals surface area (Å²) in [5.74, 6) is -0.229. The van der Waals surface area contributed by atoms with E-state index >= 15 is 0 Å². The highest BCUT2D eigenvalue weighted by atomic mass is 16.2. The lowest BCUT2D eigenvalue weighted by molar-refractivity contribution is -0.114. The van der Waals surface area contributed by atoms with Crippen LogP contribution in [0.2, 0.25) is 0 Å². The predicted molar refractivity (Wildman–Crippen MR) is 71.7 cm³/mol. The first kappa shape index (κ1) is 12.6. The van der Waals surface area contributed by atoms with E-state index in [-0.39, 0.29) is 23.3 Å². The number of anilines is 3. The lowest BCUT2D eigenvalue weighted by atomic mass is 10.2. The Kier molecular flexibility index (Phi) is 3.46. The molecule has 0 saturated carbocycles. The number of aromatic amines is 1. The summed E-state index contributed by atoms with van der Waals surface area (Å²) in [6.45, 7) is 1.43. The molecule has 5 N–H and O–H groups in total. The summed E-state index contributed by atoms with van der Waals surface area (Å²) in [7, 11) is 0. The molecular weight excluding hydrogens is 246 g/mol. The second kappa shape index (κ2) is 5.21. The predicted octanol–water partition coefficient (Wildman–Crippen LogP) is 1.20. The molecule has 0 bridgehead atoms. The number of hydrogen-bond acceptors (Lipinski definition) is 4. The lowest BCUT2D eigenvalue weighted by Gasteiger charge is -2.05. The summed E-state index contributed by atoms with van der Waals surface area (Å²) < 4.78 is 0. The molecule has 1 heterocycles. The van der Waals surface area contributed by atoms with Gasteiger partial charge in [0.15, 0.2) is 0 Å². The summed E-state index contributed by atoms with van der Waals surface area (Å²) in [6.07, 6.45) is 0. The molecule has 0 aliphatic rings. The number of nitrogens with zero attached hydrogens (tertiary/aromatic N) is 1. The van der Waals surface area contributed by atoms with E-state index in [0.717, 1.165) is 0 Å². The maximum Gasteiger partial charge on any atom is 0.273 e. The topological polar surface area (TPSA) is 113 Å². The van der Waals surface area contributed by atoms with Crippen molar-refractivity contribution in [1.29, 1.82) is 0 Å². The fourth-order valence-electron chi connectivity index (χ4n) is 1.49. The van der Waals surface area contributed by atoms with Crippen molar-refractivity contribution in [1.82, 2.24) is 10.2 Å². The van der Waals surface area contributed by atoms with Crippen LogP contribution in [-0.2, 0) is 4.79 Å². The maximum absolute atomic E-state index is 11.8. The minimum atomic E-state index is -0.337. The zero-order valence-electron chi connectivity index (χ0n) is 10.2. The third-order valence-electron chi connectivity index (χ3n) is 2.31. The van der Waals surface area contributed by atoms with Crippen molar-refractivity contribution in [3.63, 3.8) is 0 Å². The van der Waals surface area contributed by atoms with Crippen LogP contribution < -0.4 is 16.4 Å². The smallest absolute Gasteiger partial charge is 0.273 e. The van der Waals surface area contributed by atoms with Gasteiger partial charge in [-0.2, -0.15) is 5.10 Å². The Labute approximate surface area is 109 Å². The van der Waals surface area contributed by atoms with E-state index in [0.29, 0.717) is 11.4 Å². The van der Waals surface area contributed by atoms with Gasteiger partial charge in [0.05, 0.1) is 0 Å². The Morgan fingerprint density at radius 2 is 1.74 bits per heavy atom. The number of rotatable bonds is 3. The number of H-pyrrole nitrogens is 1. The van der Waals surface area contributed by atoms with Gasteiger partial charge in [0, 0.05) is 24.4 Å². The van der Waals surface area contributed by atoms with Gasteiger partial charge in [0.25, 0.3) is 5.91 Å². The summed E-state index contributed by atoms with van der Waals surface area (Å²) >= 11 is 0. The van der Waals surface area contributed by atoms with Gasteiger partial charge in [-0.05, 0) is 24.3 Å². The quantitative estimate of drug-likeness (QED) is 0.663. The number of nitrogens with two attached hydrogens (primary N) is 1. The third-order valence-corrected chi connectivity index (χ3v) is 2.31. The van der Waals surface area contributed by atoms with Crippen molar-refractivity contribution in [3.05, 3.63) is 36.0 Å². The second-order valence-corrected chi connectivity index (χ2v) is 3.92. The van der Waals surface area contributed by atoms with Crippen LogP contribution in [0, 0.1) is 0 Å². The van der Waals surface area contributed by atoms with Crippen molar-refractivity contribution in [2.45, 2.75) is 6.92 Å². The molecule has 7 nitrogen and oxygen atoms in total. The first-order valence-corrected chi connectivity index (χ1v) is 5.54. The van der Waals surface area contributed by atoms with E-state index in [1.165, 1.54) is 13.0 Å². The van der Waals surface area contributed by atoms with Crippen molar-refractivity contribution < 1.29 is 9.59 Å². The Bertz CT molecular complexity index is 603. The van der Waals surface area contributed by atoms with E-state index in [4.69, 9.17) is 5.73 Å². The van der Waals surface area contributed by atoms with Crippen LogP contribution in [-0.4, -0.2) is 22.0 Å². The highest BCUT2D eigenvalue weighted by Gasteiger charge is 2.08. The Balaban J connectivity index is 2.03. The largest absolute Gasteiger partial charge is 0.382 e. The molecule has 0 aliphatic heterocycles. The number of hydrogen-bond donors (Lipinski definition) is 4. The van der Waals surface area contributed by atoms with E-state index in [1.807, 2.05) is 0 Å². The van der Waals surface area contributed by atoms with Crippen LogP contribution in [0.15, 0.2) is 30.3 Å². The van der Waals surface area contributed by atoms with E-state index in [1.54, 1.807) is 24.3 Å². The highest BCUT2D eigenvalue weighted by Crippen LogP contribution is 2.14. The fourth-order valence-corrected chi connectivity index (χ4v) is 1.49. The number of nitrogen functional groups attached to an aromatic ring is 1. The van der Waals surface area contributed by atoms with Gasteiger partial charge in [-0.1, -0.05) is 0 Å². The Morgan fingerprint density at radius 1 is 1.16 bits per heavy atom. The number of aromatic nitrogens is 2. The zero-order chi connectivity index (χ0) is 13.8. The molecular formula is C12H13N5O2. The standard InChI is InChI=1S/C12H13N5O2/c1-7(18)14-8-2-4-9(5-3-8)15-12(19)10-6-11(13)17-16-10/h2-6H,1H3,(H,14,18)(H,15,19)(H3,13,16,17). The number of carbonyl (C=O) groups is 2. The molecule has 19 heavy (non-hydrogen) atoms. The molecule has 0 fully saturated rings. The SMILES string of the molecule is CC(=O)Nc1ccc(NC(=O)c2cc(N)n[nH]2)cc1. The summed E-state index contributed by atoms with van der Waals surface area (Å²) in [5, 5.41) is 11.5. The minimum absolute atomic E-state index is 0.148. The van der Waals surface area contributed by atoms with Crippen LogP contribution in [0.4, 0.5) is 17.2 Å². The van der Waals surface area contributed by atoms with Crippen LogP contribution in [0.5, 0.6) is 0 Å². The molecule has 2 amide bonds. The van der Waals surface area contributed by atoms with Crippen LogP contribution in [0.1, 0.15) is 17.4 Å². The molecule has 7 heteroatoms. The molecule has 2 rings (SSSR count). The first-order chi connectivity index (χ1) is 9.04. The molecule has 0 unspecified atom stereocenters. The third kappa shape index (κ3) is 3.32. The van der Waals surface area contributed by atoms with Gasteiger partial charge in [0.1, 0.15) is 11.5 Å². The number of amides is 2. The average molecular weight is 259 g/mol. The summed E-state index contributed by atoms with van der Waals surface area (Å²) in [5.41, 5.74) is 6.96. The van der Waals surface area contributed by atoms with E-state index in [2.05, 4.69) is 20.8 Å². The van der Waals surface area contributed by atoms with Gasteiger partial charge in [-0.3, -0.25) is 14.7 Å². The summed E-state index contributed by atoms with van der Waals surface area (Å²) in [4.78, 5) is 22.6. The Hall–Kier alpha value is -2.83.